The first-order valence-corrected chi connectivity index (χ1v) is 9.73. The van der Waals surface area contributed by atoms with E-state index in [-0.39, 0.29) is 27.5 Å². The fourth-order valence-corrected chi connectivity index (χ4v) is 7.12. The van der Waals surface area contributed by atoms with Crippen LogP contribution >= 0.6 is 15.9 Å². The molecule has 22 heavy (non-hydrogen) atoms. The third-order valence-corrected chi connectivity index (χ3v) is 8.35. The van der Waals surface area contributed by atoms with Crippen molar-refractivity contribution in [2.75, 3.05) is 0 Å². The van der Waals surface area contributed by atoms with Crippen LogP contribution in [0.2, 0.25) is 0 Å². The van der Waals surface area contributed by atoms with Crippen LogP contribution in [0.5, 0.6) is 0 Å². The van der Waals surface area contributed by atoms with Crippen LogP contribution in [-0.2, 0) is 9.59 Å². The zero-order chi connectivity index (χ0) is 15.7. The molecule has 0 aromatic carbocycles. The monoisotopic (exact) mass is 364 g/mol. The van der Waals surface area contributed by atoms with E-state index in [4.69, 9.17) is 0 Å². The van der Waals surface area contributed by atoms with Crippen LogP contribution < -0.4 is 0 Å². The van der Waals surface area contributed by atoms with E-state index >= 15 is 0 Å². The van der Waals surface area contributed by atoms with Crippen molar-refractivity contribution in [3.05, 3.63) is 11.6 Å². The van der Waals surface area contributed by atoms with Gasteiger partial charge >= 0.3 is 0 Å². The molecule has 0 aliphatic heterocycles. The fourth-order valence-electron chi connectivity index (χ4n) is 6.19. The van der Waals surface area contributed by atoms with Crippen LogP contribution in [0.4, 0.5) is 0 Å². The molecule has 0 aromatic heterocycles. The van der Waals surface area contributed by atoms with Crippen molar-refractivity contribution in [3.63, 3.8) is 0 Å². The van der Waals surface area contributed by atoms with Gasteiger partial charge in [-0.25, -0.2) is 0 Å². The molecule has 4 rings (SSSR count). The van der Waals surface area contributed by atoms with Gasteiger partial charge in [-0.1, -0.05) is 41.8 Å². The highest BCUT2D eigenvalue weighted by Gasteiger charge is 2.62. The minimum atomic E-state index is -0.276. The standard InChI is InChI=1S/C19H25BrO2/c1-18-7-4-3-5-11(18)9-15(21)16-12(18)6-8-19(2)13(16)10-14(20)17(19)22/h9,12-14,16H,3-8,10H2,1-2H3/t12-,13+,14?,16-,18+,19+/m1/s1. The second-order valence-electron chi connectivity index (χ2n) is 8.46. The summed E-state index contributed by atoms with van der Waals surface area (Å²) in [6.45, 7) is 4.51. The topological polar surface area (TPSA) is 34.1 Å². The van der Waals surface area contributed by atoms with Gasteiger partial charge in [0.1, 0.15) is 0 Å². The van der Waals surface area contributed by atoms with E-state index in [1.165, 1.54) is 24.8 Å². The lowest BCUT2D eigenvalue weighted by Gasteiger charge is -2.55. The normalized spacial score (nSPS) is 51.0. The molecule has 3 saturated carbocycles. The summed E-state index contributed by atoms with van der Waals surface area (Å²) in [6, 6.07) is 0. The number of alkyl halides is 1. The Morgan fingerprint density at radius 2 is 1.86 bits per heavy atom. The second kappa shape index (κ2) is 4.78. The quantitative estimate of drug-likeness (QED) is 0.594. The Hall–Kier alpha value is -0.440. The summed E-state index contributed by atoms with van der Waals surface area (Å²) in [7, 11) is 0. The molecule has 0 N–H and O–H groups in total. The highest BCUT2D eigenvalue weighted by atomic mass is 79.9. The minimum Gasteiger partial charge on any atom is -0.298 e. The summed E-state index contributed by atoms with van der Waals surface area (Å²) < 4.78 is 0. The van der Waals surface area contributed by atoms with Crippen LogP contribution in [-0.4, -0.2) is 16.4 Å². The first-order chi connectivity index (χ1) is 10.4. The zero-order valence-corrected chi connectivity index (χ0v) is 15.1. The number of rotatable bonds is 0. The lowest BCUT2D eigenvalue weighted by molar-refractivity contribution is -0.139. The maximum absolute atomic E-state index is 12.9. The first kappa shape index (κ1) is 15.1. The Labute approximate surface area is 141 Å². The molecule has 2 nitrogen and oxygen atoms in total. The summed E-state index contributed by atoms with van der Waals surface area (Å²) in [4.78, 5) is 25.5. The van der Waals surface area contributed by atoms with Gasteiger partial charge in [0.25, 0.3) is 0 Å². The average Bonchev–Trinajstić information content (AvgIpc) is 2.71. The van der Waals surface area contributed by atoms with Crippen molar-refractivity contribution in [3.8, 4) is 0 Å². The molecule has 120 valence electrons. The molecule has 0 saturated heterocycles. The van der Waals surface area contributed by atoms with Crippen molar-refractivity contribution < 1.29 is 9.59 Å². The Bertz CT molecular complexity index is 580. The maximum atomic E-state index is 12.9. The summed E-state index contributed by atoms with van der Waals surface area (Å²) in [5.74, 6) is 1.45. The predicted molar refractivity (Wildman–Crippen MR) is 89.8 cm³/mol. The molecule has 0 spiro atoms. The smallest absolute Gasteiger partial charge is 0.159 e. The van der Waals surface area contributed by atoms with Crippen molar-refractivity contribution in [2.24, 2.45) is 28.6 Å². The number of carbonyl (C=O) groups excluding carboxylic acids is 2. The maximum Gasteiger partial charge on any atom is 0.159 e. The Morgan fingerprint density at radius 3 is 2.64 bits per heavy atom. The molecule has 3 fully saturated rings. The molecule has 0 aromatic rings. The summed E-state index contributed by atoms with van der Waals surface area (Å²) >= 11 is 3.57. The third-order valence-electron chi connectivity index (χ3n) is 7.56. The van der Waals surface area contributed by atoms with E-state index in [1.807, 2.05) is 6.08 Å². The van der Waals surface area contributed by atoms with E-state index in [1.54, 1.807) is 0 Å². The van der Waals surface area contributed by atoms with Gasteiger partial charge in [0, 0.05) is 11.3 Å². The number of fused-ring (bicyclic) bond motifs is 5. The lowest BCUT2D eigenvalue weighted by Crippen LogP contribution is -2.52. The van der Waals surface area contributed by atoms with E-state index in [0.29, 0.717) is 17.5 Å². The Kier molecular flexibility index (Phi) is 3.28. The lowest BCUT2D eigenvalue weighted by atomic mass is 9.48. The van der Waals surface area contributed by atoms with Gasteiger partial charge in [-0.2, -0.15) is 0 Å². The number of Topliss-reactive ketones (excluding diaryl/α,β-unsaturated/α-hetero) is 1. The number of carbonyl (C=O) groups is 2. The van der Waals surface area contributed by atoms with Crippen molar-refractivity contribution in [1.29, 1.82) is 0 Å². The molecule has 0 heterocycles. The molecule has 0 radical (unpaired) electrons. The average molecular weight is 365 g/mol. The molecule has 0 amide bonds. The number of halogens is 1. The number of ketones is 2. The Morgan fingerprint density at radius 1 is 1.09 bits per heavy atom. The van der Waals surface area contributed by atoms with Crippen LogP contribution in [0.15, 0.2) is 11.6 Å². The number of hydrogen-bond acceptors (Lipinski definition) is 2. The molecule has 4 aliphatic rings. The van der Waals surface area contributed by atoms with E-state index < -0.39 is 0 Å². The van der Waals surface area contributed by atoms with Gasteiger partial charge < -0.3 is 0 Å². The van der Waals surface area contributed by atoms with Gasteiger partial charge in [-0.05, 0) is 61.9 Å². The largest absolute Gasteiger partial charge is 0.298 e. The van der Waals surface area contributed by atoms with E-state index in [9.17, 15) is 9.59 Å². The van der Waals surface area contributed by atoms with Crippen LogP contribution in [0.3, 0.4) is 0 Å². The molecule has 3 heteroatoms. The molecule has 1 unspecified atom stereocenters. The molecular formula is C19H25BrO2. The summed E-state index contributed by atoms with van der Waals surface area (Å²) in [5.41, 5.74) is 1.35. The molecule has 6 atom stereocenters. The van der Waals surface area contributed by atoms with Gasteiger partial charge in [-0.15, -0.1) is 0 Å². The third kappa shape index (κ3) is 1.78. The first-order valence-electron chi connectivity index (χ1n) is 8.81. The van der Waals surface area contributed by atoms with Crippen LogP contribution in [0, 0.1) is 28.6 Å². The highest BCUT2D eigenvalue weighted by Crippen LogP contribution is 2.63. The minimum absolute atomic E-state index is 0.0430. The highest BCUT2D eigenvalue weighted by molar-refractivity contribution is 9.10. The van der Waals surface area contributed by atoms with Gasteiger partial charge in [0.2, 0.25) is 0 Å². The predicted octanol–water partition coefficient (Wildman–Crippen LogP) is 4.46. The summed E-state index contributed by atoms with van der Waals surface area (Å²) in [5, 5.41) is 0. The molecule has 4 aliphatic carbocycles. The number of hydrogen-bond donors (Lipinski definition) is 0. The van der Waals surface area contributed by atoms with Crippen molar-refractivity contribution in [1.82, 2.24) is 0 Å². The van der Waals surface area contributed by atoms with Crippen LogP contribution in [0.1, 0.15) is 58.8 Å². The molecular weight excluding hydrogens is 340 g/mol. The SMILES string of the molecule is C[C@]12CCCCC1=CC(=O)[C@@H]1[C@H]2CC[C@]2(C)C(=O)C(Br)C[C@@H]12. The van der Waals surface area contributed by atoms with Gasteiger partial charge in [-0.3, -0.25) is 9.59 Å². The Balaban J connectivity index is 1.78. The van der Waals surface area contributed by atoms with E-state index in [2.05, 4.69) is 29.8 Å². The number of allylic oxidation sites excluding steroid dienone is 2. The van der Waals surface area contributed by atoms with Crippen molar-refractivity contribution >= 4 is 27.5 Å². The van der Waals surface area contributed by atoms with Crippen LogP contribution in [0.25, 0.3) is 0 Å². The zero-order valence-electron chi connectivity index (χ0n) is 13.5. The fraction of sp³-hybridized carbons (Fsp3) is 0.789. The molecule has 0 bridgehead atoms. The van der Waals surface area contributed by atoms with Crippen molar-refractivity contribution in [2.45, 2.75) is 63.6 Å². The van der Waals surface area contributed by atoms with E-state index in [0.717, 1.165) is 25.7 Å². The summed E-state index contributed by atoms with van der Waals surface area (Å²) in [6.07, 6.45) is 9.69. The second-order valence-corrected chi connectivity index (χ2v) is 9.56. The van der Waals surface area contributed by atoms with Gasteiger partial charge in [0.05, 0.1) is 4.83 Å². The van der Waals surface area contributed by atoms with Gasteiger partial charge in [0.15, 0.2) is 11.6 Å².